The molecule has 1 rings (SSSR count). The Morgan fingerprint density at radius 2 is 2.29 bits per heavy atom. The van der Waals surface area contributed by atoms with E-state index in [-0.39, 0.29) is 0 Å². The largest absolute Gasteiger partial charge is 0.478 e. The zero-order valence-corrected chi connectivity index (χ0v) is 8.52. The first-order chi connectivity index (χ1) is 6.68. The van der Waals surface area contributed by atoms with Crippen LogP contribution >= 0.6 is 0 Å². The highest BCUT2D eigenvalue weighted by Gasteiger charge is 2.13. The second kappa shape index (κ2) is 5.60. The van der Waals surface area contributed by atoms with Gasteiger partial charge in [-0.3, -0.25) is 0 Å². The van der Waals surface area contributed by atoms with Gasteiger partial charge in [0.25, 0.3) is 0 Å². The molecule has 0 radical (unpaired) electrons. The van der Waals surface area contributed by atoms with E-state index in [0.717, 1.165) is 12.6 Å². The summed E-state index contributed by atoms with van der Waals surface area (Å²) in [7, 11) is 2.12. The zero-order chi connectivity index (χ0) is 10.4. The maximum atomic E-state index is 10.2. The fourth-order valence-corrected chi connectivity index (χ4v) is 1.72. The van der Waals surface area contributed by atoms with Crippen LogP contribution in [0.15, 0.2) is 24.3 Å². The minimum Gasteiger partial charge on any atom is -0.478 e. The quantitative estimate of drug-likeness (QED) is 0.548. The molecule has 3 heteroatoms. The fraction of sp³-hybridized carbons (Fsp3) is 0.545. The third-order valence-corrected chi connectivity index (χ3v) is 2.39. The van der Waals surface area contributed by atoms with E-state index < -0.39 is 5.97 Å². The Balaban J connectivity index is 2.32. The first kappa shape index (κ1) is 11.0. The number of hydrogen-bond donors (Lipinski definition) is 1. The first-order valence-corrected chi connectivity index (χ1v) is 4.95. The van der Waals surface area contributed by atoms with Crippen molar-refractivity contribution in [1.29, 1.82) is 0 Å². The maximum Gasteiger partial charge on any atom is 0.328 e. The van der Waals surface area contributed by atoms with E-state index in [1.165, 1.54) is 19.4 Å². The van der Waals surface area contributed by atoms with Crippen molar-refractivity contribution in [3.63, 3.8) is 0 Å². The Morgan fingerprint density at radius 1 is 1.50 bits per heavy atom. The number of likely N-dealkylation sites (tertiary alicyclic amines) is 1. The predicted molar refractivity (Wildman–Crippen MR) is 56.1 cm³/mol. The number of carboxylic acid groups (broad SMARTS) is 1. The first-order valence-electron chi connectivity index (χ1n) is 4.95. The van der Waals surface area contributed by atoms with Crippen LogP contribution in [0.3, 0.4) is 0 Å². The van der Waals surface area contributed by atoms with Gasteiger partial charge in [0.05, 0.1) is 0 Å². The van der Waals surface area contributed by atoms with Gasteiger partial charge in [-0.15, -0.1) is 0 Å². The van der Waals surface area contributed by atoms with Crippen LogP contribution < -0.4 is 0 Å². The second-order valence-corrected chi connectivity index (χ2v) is 3.75. The number of nitrogens with zero attached hydrogens (tertiary/aromatic N) is 1. The topological polar surface area (TPSA) is 40.5 Å². The molecule has 78 valence electrons. The highest BCUT2D eigenvalue weighted by atomic mass is 16.4. The molecule has 1 saturated heterocycles. The lowest BCUT2D eigenvalue weighted by Gasteiger charge is -2.27. The summed E-state index contributed by atoms with van der Waals surface area (Å²) in [5.74, 6) is -0.317. The number of rotatable bonds is 3. The number of hydrogen-bond acceptors (Lipinski definition) is 2. The molecule has 0 aromatic heterocycles. The highest BCUT2D eigenvalue weighted by Crippen LogP contribution is 2.15. The van der Waals surface area contributed by atoms with Gasteiger partial charge in [0.15, 0.2) is 0 Å². The molecule has 0 bridgehead atoms. The summed E-state index contributed by atoms with van der Waals surface area (Å²) in [5.41, 5.74) is 0. The Kier molecular flexibility index (Phi) is 4.40. The molecule has 14 heavy (non-hydrogen) atoms. The van der Waals surface area contributed by atoms with Crippen LogP contribution in [0, 0.1) is 5.92 Å². The summed E-state index contributed by atoms with van der Waals surface area (Å²) < 4.78 is 0. The predicted octanol–water partition coefficient (Wildman–Crippen LogP) is 1.53. The average molecular weight is 195 g/mol. The smallest absolute Gasteiger partial charge is 0.328 e. The van der Waals surface area contributed by atoms with Crippen LogP contribution in [-0.4, -0.2) is 36.1 Å². The van der Waals surface area contributed by atoms with E-state index in [2.05, 4.69) is 18.0 Å². The number of piperidine rings is 1. The molecule has 0 amide bonds. The Bertz CT molecular complexity index is 246. The molecule has 1 aliphatic rings. The molecule has 0 aromatic carbocycles. The third-order valence-electron chi connectivity index (χ3n) is 2.39. The van der Waals surface area contributed by atoms with Gasteiger partial charge in [-0.1, -0.05) is 18.2 Å². The highest BCUT2D eigenvalue weighted by molar-refractivity contribution is 5.80. The van der Waals surface area contributed by atoms with Gasteiger partial charge in [-0.25, -0.2) is 4.79 Å². The molecule has 1 atom stereocenters. The maximum absolute atomic E-state index is 10.2. The third kappa shape index (κ3) is 4.23. The van der Waals surface area contributed by atoms with E-state index in [4.69, 9.17) is 5.11 Å². The van der Waals surface area contributed by atoms with Crippen LogP contribution in [0.4, 0.5) is 0 Å². The number of allylic oxidation sites excluding steroid dienone is 2. The van der Waals surface area contributed by atoms with Crippen molar-refractivity contribution in [1.82, 2.24) is 4.90 Å². The van der Waals surface area contributed by atoms with Gasteiger partial charge in [-0.05, 0) is 32.4 Å². The molecule has 0 spiro atoms. The minimum absolute atomic E-state index is 0.576. The van der Waals surface area contributed by atoms with Gasteiger partial charge < -0.3 is 10.0 Å². The number of carboxylic acids is 1. The average Bonchev–Trinajstić information content (AvgIpc) is 2.12. The lowest BCUT2D eigenvalue weighted by Crippen LogP contribution is -2.30. The lowest BCUT2D eigenvalue weighted by atomic mass is 9.98. The summed E-state index contributed by atoms with van der Waals surface area (Å²) in [4.78, 5) is 12.5. The fourth-order valence-electron chi connectivity index (χ4n) is 1.72. The Labute approximate surface area is 84.7 Å². The van der Waals surface area contributed by atoms with Gasteiger partial charge in [0.1, 0.15) is 0 Å². The van der Waals surface area contributed by atoms with Crippen molar-refractivity contribution in [2.75, 3.05) is 20.1 Å². The molecule has 1 aliphatic heterocycles. The molecule has 3 nitrogen and oxygen atoms in total. The molecule has 1 N–H and O–H groups in total. The molecular weight excluding hydrogens is 178 g/mol. The molecule has 1 heterocycles. The second-order valence-electron chi connectivity index (χ2n) is 3.75. The van der Waals surface area contributed by atoms with Crippen LogP contribution in [0.2, 0.25) is 0 Å². The van der Waals surface area contributed by atoms with Crippen LogP contribution in [-0.2, 0) is 4.79 Å². The lowest BCUT2D eigenvalue weighted by molar-refractivity contribution is -0.131. The molecule has 1 fully saturated rings. The number of aliphatic carboxylic acids is 1. The van der Waals surface area contributed by atoms with Gasteiger partial charge >= 0.3 is 5.97 Å². The van der Waals surface area contributed by atoms with Crippen LogP contribution in [0.1, 0.15) is 12.8 Å². The van der Waals surface area contributed by atoms with E-state index in [0.29, 0.717) is 5.92 Å². The summed E-state index contributed by atoms with van der Waals surface area (Å²) in [6.07, 6.45) is 9.10. The minimum atomic E-state index is -0.893. The van der Waals surface area contributed by atoms with Crippen LogP contribution in [0.5, 0.6) is 0 Å². The molecule has 1 unspecified atom stereocenters. The van der Waals surface area contributed by atoms with Crippen molar-refractivity contribution < 1.29 is 9.90 Å². The SMILES string of the molecule is CN1CCCC(/C=C/C=C\C(=O)O)C1. The van der Waals surface area contributed by atoms with Crippen molar-refractivity contribution in [2.24, 2.45) is 5.92 Å². The van der Waals surface area contributed by atoms with Crippen molar-refractivity contribution >= 4 is 5.97 Å². The summed E-state index contributed by atoms with van der Waals surface area (Å²) in [6.45, 7) is 2.26. The molecule has 0 saturated carbocycles. The van der Waals surface area contributed by atoms with Crippen molar-refractivity contribution in [2.45, 2.75) is 12.8 Å². The van der Waals surface area contributed by atoms with Crippen molar-refractivity contribution in [3.05, 3.63) is 24.3 Å². The summed E-state index contributed by atoms with van der Waals surface area (Å²) >= 11 is 0. The molecule has 0 aliphatic carbocycles. The normalized spacial score (nSPS) is 24.8. The molecule has 0 aromatic rings. The Morgan fingerprint density at radius 3 is 2.93 bits per heavy atom. The molecular formula is C11H17NO2. The van der Waals surface area contributed by atoms with E-state index >= 15 is 0 Å². The van der Waals surface area contributed by atoms with Gasteiger partial charge in [0.2, 0.25) is 0 Å². The van der Waals surface area contributed by atoms with E-state index in [1.54, 1.807) is 6.08 Å². The van der Waals surface area contributed by atoms with Crippen molar-refractivity contribution in [3.8, 4) is 0 Å². The summed E-state index contributed by atoms with van der Waals surface area (Å²) in [5, 5.41) is 8.36. The summed E-state index contributed by atoms with van der Waals surface area (Å²) in [6, 6.07) is 0. The number of carbonyl (C=O) groups is 1. The zero-order valence-electron chi connectivity index (χ0n) is 8.52. The van der Waals surface area contributed by atoms with Gasteiger partial charge in [-0.2, -0.15) is 0 Å². The van der Waals surface area contributed by atoms with Gasteiger partial charge in [0, 0.05) is 12.6 Å². The monoisotopic (exact) mass is 195 g/mol. The van der Waals surface area contributed by atoms with Crippen LogP contribution in [0.25, 0.3) is 0 Å². The Hall–Kier alpha value is -1.09. The standard InChI is InChI=1S/C11H17NO2/c1-12-8-4-6-10(9-12)5-2-3-7-11(13)14/h2-3,5,7,10H,4,6,8-9H2,1H3,(H,13,14)/b5-2+,7-3-. The van der Waals surface area contributed by atoms with E-state index in [1.807, 2.05) is 6.08 Å². The van der Waals surface area contributed by atoms with E-state index in [9.17, 15) is 4.79 Å².